The number of ether oxygens (including phenoxy) is 1. The second kappa shape index (κ2) is 13.9. The number of carbonyl (C=O) groups is 1. The molecule has 2 aliphatic rings. The first-order valence-electron chi connectivity index (χ1n) is 14.7. The van der Waals surface area contributed by atoms with Gasteiger partial charge in [-0.05, 0) is 80.8 Å². The zero-order chi connectivity index (χ0) is 29.7. The summed E-state index contributed by atoms with van der Waals surface area (Å²) >= 11 is 0. The average Bonchev–Trinajstić information content (AvgIpc) is 3.41. The molecule has 2 aliphatic heterocycles. The van der Waals surface area contributed by atoms with E-state index in [1.54, 1.807) is 22.9 Å². The van der Waals surface area contributed by atoms with Crippen LogP contribution in [0.3, 0.4) is 0 Å². The fourth-order valence-corrected chi connectivity index (χ4v) is 6.16. The van der Waals surface area contributed by atoms with Gasteiger partial charge < -0.3 is 15.2 Å². The van der Waals surface area contributed by atoms with Gasteiger partial charge in [0.05, 0.1) is 13.2 Å². The van der Waals surface area contributed by atoms with Crippen molar-refractivity contribution in [3.05, 3.63) is 52.5 Å². The fourth-order valence-electron chi connectivity index (χ4n) is 6.16. The van der Waals surface area contributed by atoms with Crippen LogP contribution in [0.15, 0.2) is 24.3 Å². The summed E-state index contributed by atoms with van der Waals surface area (Å²) in [7, 11) is 3.03. The van der Waals surface area contributed by atoms with Gasteiger partial charge in [-0.15, -0.1) is 0 Å². The highest BCUT2D eigenvalue weighted by Crippen LogP contribution is 2.37. The maximum absolute atomic E-state index is 14.9. The molecule has 4 rings (SSSR count). The van der Waals surface area contributed by atoms with Crippen LogP contribution in [-0.4, -0.2) is 78.2 Å². The smallest absolute Gasteiger partial charge is 0.325 e. The number of likely N-dealkylation sites (tertiary alicyclic amines) is 1. The van der Waals surface area contributed by atoms with Crippen molar-refractivity contribution in [2.75, 3.05) is 39.1 Å². The third kappa shape index (κ3) is 7.33. The van der Waals surface area contributed by atoms with Crippen LogP contribution in [0.5, 0.6) is 5.75 Å². The number of benzene rings is 1. The molecule has 0 aliphatic carbocycles. The number of aromatic nitrogens is 1. The predicted molar refractivity (Wildman–Crippen MR) is 154 cm³/mol. The zero-order valence-corrected chi connectivity index (χ0v) is 24.5. The Morgan fingerprint density at radius 3 is 2.73 bits per heavy atom. The molecule has 226 valence electrons. The third-order valence-corrected chi connectivity index (χ3v) is 8.58. The number of aryl methyl sites for hydroxylation is 2. The summed E-state index contributed by atoms with van der Waals surface area (Å²) in [4.78, 5) is 20.6. The molecule has 0 saturated carbocycles. The summed E-state index contributed by atoms with van der Waals surface area (Å²) in [6.07, 6.45) is 2.63. The lowest BCUT2D eigenvalue weighted by atomic mass is 9.95. The molecule has 1 fully saturated rings. The van der Waals surface area contributed by atoms with Crippen molar-refractivity contribution in [2.24, 2.45) is 0 Å². The number of fused-ring (bicyclic) bond motifs is 1. The largest absolute Gasteiger partial charge is 0.493 e. The summed E-state index contributed by atoms with van der Waals surface area (Å²) in [5, 5.41) is 13.5. The predicted octanol–water partition coefficient (Wildman–Crippen LogP) is 5.89. The number of carboxylic acid groups (broad SMARTS) is 1. The number of anilines is 1. The Morgan fingerprint density at radius 2 is 2.05 bits per heavy atom. The van der Waals surface area contributed by atoms with Crippen LogP contribution in [0, 0.1) is 5.82 Å². The fraction of sp³-hybridized carbons (Fsp3) is 0.613. The van der Waals surface area contributed by atoms with E-state index in [4.69, 9.17) is 9.72 Å². The molecule has 0 unspecified atom stereocenters. The van der Waals surface area contributed by atoms with Gasteiger partial charge in [0, 0.05) is 36.9 Å². The molecular weight excluding hydrogens is 533 g/mol. The molecule has 2 aromatic rings. The summed E-state index contributed by atoms with van der Waals surface area (Å²) in [5.41, 5.74) is 3.13. The van der Waals surface area contributed by atoms with E-state index in [0.717, 1.165) is 43.7 Å². The lowest BCUT2D eigenvalue weighted by Gasteiger charge is -2.33. The molecule has 0 radical (unpaired) electrons. The Bertz CT molecular complexity index is 1200. The highest BCUT2D eigenvalue weighted by molar-refractivity contribution is 5.77. The number of aliphatic carboxylic acids is 1. The van der Waals surface area contributed by atoms with Gasteiger partial charge in [-0.25, -0.2) is 18.2 Å². The highest BCUT2D eigenvalue weighted by Gasteiger charge is 2.40. The van der Waals surface area contributed by atoms with Gasteiger partial charge in [0.15, 0.2) is 11.6 Å². The molecule has 0 spiro atoms. The van der Waals surface area contributed by atoms with E-state index >= 15 is 0 Å². The van der Waals surface area contributed by atoms with E-state index in [1.807, 2.05) is 19.9 Å². The Balaban J connectivity index is 1.39. The number of nitrogens with zero attached hydrogens (tertiary/aromatic N) is 3. The molecule has 1 aromatic carbocycles. The first-order valence-corrected chi connectivity index (χ1v) is 14.7. The van der Waals surface area contributed by atoms with Crippen LogP contribution in [0.2, 0.25) is 0 Å². The number of unbranched alkanes of at least 4 members (excludes halogenated alkanes) is 1. The van der Waals surface area contributed by atoms with Crippen LogP contribution in [0.25, 0.3) is 0 Å². The van der Waals surface area contributed by atoms with Crippen LogP contribution in [-0.2, 0) is 17.6 Å². The summed E-state index contributed by atoms with van der Waals surface area (Å²) in [6, 6.07) is 4.90. The second-order valence-electron chi connectivity index (χ2n) is 11.6. The van der Waals surface area contributed by atoms with Crippen molar-refractivity contribution in [1.82, 2.24) is 14.8 Å². The number of hydrogen-bond acceptors (Lipinski definition) is 6. The van der Waals surface area contributed by atoms with Gasteiger partial charge in [-0.3, -0.25) is 14.6 Å². The Hall–Kier alpha value is -2.85. The minimum atomic E-state index is -2.52. The van der Waals surface area contributed by atoms with Crippen LogP contribution in [0.4, 0.5) is 19.0 Å². The van der Waals surface area contributed by atoms with Crippen LogP contribution >= 0.6 is 0 Å². The van der Waals surface area contributed by atoms with Crippen LogP contribution < -0.4 is 10.1 Å². The molecule has 7 nitrogen and oxygen atoms in total. The monoisotopic (exact) mass is 576 g/mol. The van der Waals surface area contributed by atoms with Crippen molar-refractivity contribution < 1.29 is 27.8 Å². The van der Waals surface area contributed by atoms with Crippen molar-refractivity contribution in [2.45, 2.75) is 89.3 Å². The first-order chi connectivity index (χ1) is 19.6. The molecule has 0 bridgehead atoms. The van der Waals surface area contributed by atoms with Gasteiger partial charge in [0.25, 0.3) is 6.43 Å². The van der Waals surface area contributed by atoms with Gasteiger partial charge in [0.1, 0.15) is 11.9 Å². The lowest BCUT2D eigenvalue weighted by Crippen LogP contribution is -2.46. The Morgan fingerprint density at radius 1 is 1.27 bits per heavy atom. The molecule has 1 saturated heterocycles. The molecular formula is C31H43F3N4O3. The summed E-state index contributed by atoms with van der Waals surface area (Å²) in [5.74, 6) is -0.878. The highest BCUT2D eigenvalue weighted by atomic mass is 19.3. The number of carboxylic acids is 1. The van der Waals surface area contributed by atoms with E-state index in [9.17, 15) is 23.1 Å². The van der Waals surface area contributed by atoms with Crippen LogP contribution in [0.1, 0.15) is 80.3 Å². The number of methoxy groups -OCH3 is 1. The van der Waals surface area contributed by atoms with Crippen molar-refractivity contribution in [3.63, 3.8) is 0 Å². The van der Waals surface area contributed by atoms with Crippen molar-refractivity contribution >= 4 is 11.8 Å². The Labute approximate surface area is 241 Å². The normalized spacial score (nSPS) is 18.9. The quantitative estimate of drug-likeness (QED) is 0.288. The van der Waals surface area contributed by atoms with E-state index in [-0.39, 0.29) is 23.3 Å². The number of halogens is 3. The van der Waals surface area contributed by atoms with Crippen molar-refractivity contribution in [1.29, 1.82) is 0 Å². The Kier molecular flexibility index (Phi) is 10.5. The first kappa shape index (κ1) is 31.1. The minimum Gasteiger partial charge on any atom is -0.493 e. The second-order valence-corrected chi connectivity index (χ2v) is 11.6. The molecule has 3 atom stereocenters. The van der Waals surface area contributed by atoms with Gasteiger partial charge in [-0.1, -0.05) is 26.3 Å². The maximum atomic E-state index is 14.9. The topological polar surface area (TPSA) is 77.9 Å². The maximum Gasteiger partial charge on any atom is 0.325 e. The average molecular weight is 577 g/mol. The van der Waals surface area contributed by atoms with Gasteiger partial charge in [-0.2, -0.15) is 0 Å². The minimum absolute atomic E-state index is 0.00689. The zero-order valence-electron chi connectivity index (χ0n) is 24.5. The van der Waals surface area contributed by atoms with Gasteiger partial charge >= 0.3 is 5.97 Å². The third-order valence-electron chi connectivity index (χ3n) is 8.58. The van der Waals surface area contributed by atoms with Gasteiger partial charge in [0.2, 0.25) is 0 Å². The number of nitrogens with one attached hydrogen (secondary N) is 1. The number of alkyl halides is 2. The molecule has 41 heavy (non-hydrogen) atoms. The lowest BCUT2D eigenvalue weighted by molar-refractivity contribution is -0.143. The SMILES string of the molecule is COc1c(F)cc(C(C)C)cc1[C@@H](C(=O)O)N1CC[C@@H](N(C)[C@H](CCCCc2ccc3c(n2)NCCC3)C(F)F)C1. The number of likely N-dealkylation sites (N-methyl/N-ethyl adjacent to an activating group) is 1. The number of rotatable bonds is 13. The van der Waals surface area contributed by atoms with E-state index in [1.165, 1.54) is 18.7 Å². The molecule has 0 amide bonds. The summed E-state index contributed by atoms with van der Waals surface area (Å²) < 4.78 is 48.6. The standard InChI is InChI=1S/C31H43F3N4O3/c1-19(2)21-16-24(28(41-4)25(32)17-21)27(31(39)40)38-15-13-23(18-38)37(3)26(29(33)34)10-6-5-9-22-12-11-20-8-7-14-35-30(20)36-22/h11-12,16-17,19,23,26-27,29H,5-10,13-15,18H2,1-4H3,(H,35,36)(H,39,40)/t23-,26-,27+/m1/s1. The van der Waals surface area contributed by atoms with E-state index in [2.05, 4.69) is 11.4 Å². The number of hydrogen-bond donors (Lipinski definition) is 2. The van der Waals surface area contributed by atoms with Crippen molar-refractivity contribution in [3.8, 4) is 5.75 Å². The number of pyridine rings is 1. The van der Waals surface area contributed by atoms with E-state index in [0.29, 0.717) is 37.9 Å². The molecule has 2 N–H and O–H groups in total. The molecule has 3 heterocycles. The molecule has 1 aromatic heterocycles. The summed E-state index contributed by atoms with van der Waals surface area (Å²) in [6.45, 7) is 5.43. The molecule has 10 heteroatoms. The van der Waals surface area contributed by atoms with E-state index < -0.39 is 30.3 Å².